The maximum atomic E-state index is 11.7. The number of benzene rings is 1. The number of fused-ring (bicyclic) bond motifs is 1. The van der Waals surface area contributed by atoms with Gasteiger partial charge >= 0.3 is 0 Å². The third-order valence-corrected chi connectivity index (χ3v) is 3.33. The minimum absolute atomic E-state index is 0.185. The van der Waals surface area contributed by atoms with Gasteiger partial charge in [-0.05, 0) is 63.2 Å². The summed E-state index contributed by atoms with van der Waals surface area (Å²) in [4.78, 5) is 11.7. The molecule has 1 amide bonds. The highest BCUT2D eigenvalue weighted by atomic mass is 127. The van der Waals surface area contributed by atoms with Crippen molar-refractivity contribution in [2.75, 3.05) is 0 Å². The maximum Gasteiger partial charge on any atom is 0.258 e. The van der Waals surface area contributed by atoms with Crippen LogP contribution in [0.25, 0.3) is 0 Å². The highest BCUT2D eigenvalue weighted by Crippen LogP contribution is 2.31. The van der Waals surface area contributed by atoms with E-state index in [1.165, 1.54) is 0 Å². The number of amides is 1. The van der Waals surface area contributed by atoms with Crippen molar-refractivity contribution in [1.82, 2.24) is 5.32 Å². The molecule has 1 N–H and O–H groups in total. The lowest BCUT2D eigenvalue weighted by Crippen LogP contribution is -2.42. The average molecular weight is 425 g/mol. The Morgan fingerprint density at radius 1 is 1.47 bits per heavy atom. The number of nitrogens with one attached hydrogen (secondary N) is 1. The van der Waals surface area contributed by atoms with E-state index in [-0.39, 0.29) is 5.91 Å². The molecule has 0 fully saturated rings. The van der Waals surface area contributed by atoms with Crippen molar-refractivity contribution in [3.05, 3.63) is 24.8 Å². The standard InChI is InChI=1S/C10H5I2NO2/c1-2-8-13-10(14)6-3-5(11)4-7(12)9(6)15-8/h1,3-4,8H,(H,13,14). The molecule has 1 unspecified atom stereocenters. The molecule has 76 valence electrons. The smallest absolute Gasteiger partial charge is 0.258 e. The number of ether oxygens (including phenoxy) is 1. The number of rotatable bonds is 0. The average Bonchev–Trinajstić information content (AvgIpc) is 2.19. The van der Waals surface area contributed by atoms with E-state index >= 15 is 0 Å². The second kappa shape index (κ2) is 4.17. The molecule has 2 rings (SSSR count). The second-order valence-electron chi connectivity index (χ2n) is 2.90. The quantitative estimate of drug-likeness (QED) is 0.511. The Kier molecular flexibility index (Phi) is 3.06. The highest BCUT2D eigenvalue weighted by Gasteiger charge is 2.26. The van der Waals surface area contributed by atoms with Crippen molar-refractivity contribution in [2.24, 2.45) is 0 Å². The monoisotopic (exact) mass is 425 g/mol. The summed E-state index contributed by atoms with van der Waals surface area (Å²) in [6.45, 7) is 0. The molecule has 15 heavy (non-hydrogen) atoms. The van der Waals surface area contributed by atoms with E-state index in [0.29, 0.717) is 11.3 Å². The van der Waals surface area contributed by atoms with Crippen LogP contribution in [0.2, 0.25) is 0 Å². The lowest BCUT2D eigenvalue weighted by molar-refractivity contribution is 0.0831. The lowest BCUT2D eigenvalue weighted by Gasteiger charge is -2.24. The first-order valence-corrected chi connectivity index (χ1v) is 6.20. The molecule has 0 bridgehead atoms. The van der Waals surface area contributed by atoms with Crippen molar-refractivity contribution in [2.45, 2.75) is 6.23 Å². The predicted octanol–water partition coefficient (Wildman–Crippen LogP) is 1.98. The van der Waals surface area contributed by atoms with E-state index in [9.17, 15) is 4.79 Å². The van der Waals surface area contributed by atoms with Crippen molar-refractivity contribution < 1.29 is 9.53 Å². The topological polar surface area (TPSA) is 38.3 Å². The number of hydrogen-bond acceptors (Lipinski definition) is 2. The van der Waals surface area contributed by atoms with Gasteiger partial charge in [-0.3, -0.25) is 4.79 Å². The number of carbonyl (C=O) groups is 1. The molecule has 0 aliphatic carbocycles. The van der Waals surface area contributed by atoms with Crippen molar-refractivity contribution in [1.29, 1.82) is 0 Å². The summed E-state index contributed by atoms with van der Waals surface area (Å²) < 4.78 is 7.35. The van der Waals surface area contributed by atoms with Crippen LogP contribution in [-0.2, 0) is 0 Å². The van der Waals surface area contributed by atoms with Crippen LogP contribution in [0.5, 0.6) is 5.75 Å². The van der Waals surface area contributed by atoms with E-state index in [2.05, 4.69) is 56.4 Å². The molecule has 3 nitrogen and oxygen atoms in total. The first-order valence-electron chi connectivity index (χ1n) is 4.04. The fourth-order valence-corrected chi connectivity index (χ4v) is 3.24. The van der Waals surface area contributed by atoms with Crippen LogP contribution in [-0.4, -0.2) is 12.1 Å². The van der Waals surface area contributed by atoms with Gasteiger partial charge in [-0.15, -0.1) is 6.42 Å². The number of halogens is 2. The van der Waals surface area contributed by atoms with Gasteiger partial charge < -0.3 is 10.1 Å². The van der Waals surface area contributed by atoms with Gasteiger partial charge in [-0.2, -0.15) is 0 Å². The summed E-state index contributed by atoms with van der Waals surface area (Å²) in [6.07, 6.45) is 4.54. The molecule has 1 heterocycles. The summed E-state index contributed by atoms with van der Waals surface area (Å²) in [5.74, 6) is 2.75. The molecule has 1 aliphatic rings. The van der Waals surface area contributed by atoms with Gasteiger partial charge in [0.05, 0.1) is 9.13 Å². The lowest BCUT2D eigenvalue weighted by atomic mass is 10.1. The fourth-order valence-electron chi connectivity index (χ4n) is 1.27. The van der Waals surface area contributed by atoms with E-state index in [0.717, 1.165) is 7.14 Å². The van der Waals surface area contributed by atoms with E-state index in [1.54, 1.807) is 6.07 Å². The van der Waals surface area contributed by atoms with Gasteiger partial charge in [0.1, 0.15) is 5.75 Å². The zero-order valence-electron chi connectivity index (χ0n) is 7.38. The molecule has 0 radical (unpaired) electrons. The highest BCUT2D eigenvalue weighted by molar-refractivity contribution is 14.1. The molecule has 1 aromatic carbocycles. The van der Waals surface area contributed by atoms with Crippen molar-refractivity contribution in [3.63, 3.8) is 0 Å². The number of carbonyl (C=O) groups excluding carboxylic acids is 1. The second-order valence-corrected chi connectivity index (χ2v) is 5.31. The molecular formula is C10H5I2NO2. The van der Waals surface area contributed by atoms with E-state index < -0.39 is 6.23 Å². The normalized spacial score (nSPS) is 18.5. The Hall–Kier alpha value is -0.490. The first-order chi connectivity index (χ1) is 7.11. The zero-order chi connectivity index (χ0) is 11.0. The summed E-state index contributed by atoms with van der Waals surface area (Å²) in [6, 6.07) is 3.71. The fraction of sp³-hybridized carbons (Fsp3) is 0.100. The SMILES string of the molecule is C#CC1NC(=O)c2cc(I)cc(I)c2O1. The van der Waals surface area contributed by atoms with Gasteiger partial charge in [-0.1, -0.05) is 0 Å². The third kappa shape index (κ3) is 2.06. The molecule has 0 spiro atoms. The molecule has 0 saturated carbocycles. The van der Waals surface area contributed by atoms with Crippen LogP contribution in [0.1, 0.15) is 10.4 Å². The molecule has 0 aromatic heterocycles. The summed E-state index contributed by atoms with van der Waals surface area (Å²) in [5, 5.41) is 2.57. The molecule has 1 atom stereocenters. The third-order valence-electron chi connectivity index (χ3n) is 1.90. The molecule has 5 heteroatoms. The molecular weight excluding hydrogens is 420 g/mol. The van der Waals surface area contributed by atoms with Crippen molar-refractivity contribution >= 4 is 51.1 Å². The Labute approximate surface area is 114 Å². The molecule has 0 saturated heterocycles. The Balaban J connectivity index is 2.56. The summed E-state index contributed by atoms with van der Waals surface area (Å²) in [7, 11) is 0. The number of terminal acetylenes is 1. The van der Waals surface area contributed by atoms with Crippen molar-refractivity contribution in [3.8, 4) is 18.1 Å². The largest absolute Gasteiger partial charge is 0.457 e. The molecule has 1 aliphatic heterocycles. The number of hydrogen-bond donors (Lipinski definition) is 1. The van der Waals surface area contributed by atoms with Crippen LogP contribution in [0.3, 0.4) is 0 Å². The van der Waals surface area contributed by atoms with Gasteiger partial charge in [0.25, 0.3) is 5.91 Å². The van der Waals surface area contributed by atoms with Gasteiger partial charge in [-0.25, -0.2) is 0 Å². The van der Waals surface area contributed by atoms with Gasteiger partial charge in [0.2, 0.25) is 6.23 Å². The van der Waals surface area contributed by atoms with Crippen LogP contribution in [0.4, 0.5) is 0 Å². The van der Waals surface area contributed by atoms with Gasteiger partial charge in [0, 0.05) is 3.57 Å². The van der Waals surface area contributed by atoms with E-state index in [4.69, 9.17) is 11.2 Å². The maximum absolute atomic E-state index is 11.7. The Morgan fingerprint density at radius 3 is 2.87 bits per heavy atom. The Bertz CT molecular complexity index is 479. The summed E-state index contributed by atoms with van der Waals surface area (Å²) >= 11 is 4.28. The minimum atomic E-state index is -0.668. The molecule has 1 aromatic rings. The van der Waals surface area contributed by atoms with Crippen LogP contribution in [0, 0.1) is 19.5 Å². The van der Waals surface area contributed by atoms with Crippen LogP contribution < -0.4 is 10.1 Å². The minimum Gasteiger partial charge on any atom is -0.457 e. The summed E-state index contributed by atoms with van der Waals surface area (Å²) in [5.41, 5.74) is 0.540. The van der Waals surface area contributed by atoms with Crippen LogP contribution >= 0.6 is 45.2 Å². The zero-order valence-corrected chi connectivity index (χ0v) is 11.7. The Morgan fingerprint density at radius 2 is 2.20 bits per heavy atom. The van der Waals surface area contributed by atoms with E-state index in [1.807, 2.05) is 6.07 Å². The van der Waals surface area contributed by atoms with Crippen LogP contribution in [0.15, 0.2) is 12.1 Å². The predicted molar refractivity (Wildman–Crippen MR) is 72.6 cm³/mol. The first kappa shape index (κ1) is 11.0. The van der Waals surface area contributed by atoms with Gasteiger partial charge in [0.15, 0.2) is 0 Å².